The molecule has 0 aromatic rings. The lowest BCUT2D eigenvalue weighted by Gasteiger charge is -2.28. The van der Waals surface area contributed by atoms with Crippen LogP contribution in [0.4, 0.5) is 0 Å². The van der Waals surface area contributed by atoms with Crippen LogP contribution in [0, 0.1) is 5.92 Å². The van der Waals surface area contributed by atoms with Crippen LogP contribution in [0.2, 0.25) is 0 Å². The van der Waals surface area contributed by atoms with Crippen LogP contribution in [0.25, 0.3) is 0 Å². The number of carbonyl (C=O) groups excluding carboxylic acids is 1. The number of carbonyl (C=O) groups is 1. The molecule has 1 aliphatic carbocycles. The SMILES string of the molecule is CN(C)C/C=C/C(=O)NCC1CCCC1N1CCCS1(=O)=O. The molecule has 7 heteroatoms. The Kier molecular flexibility index (Phi) is 6.00. The first-order chi connectivity index (χ1) is 10.4. The van der Waals surface area contributed by atoms with Gasteiger partial charge in [-0.25, -0.2) is 8.42 Å². The Balaban J connectivity index is 1.84. The molecule has 2 fully saturated rings. The van der Waals surface area contributed by atoms with Gasteiger partial charge in [-0.3, -0.25) is 4.79 Å². The maximum Gasteiger partial charge on any atom is 0.243 e. The summed E-state index contributed by atoms with van der Waals surface area (Å²) >= 11 is 0. The quantitative estimate of drug-likeness (QED) is 0.717. The van der Waals surface area contributed by atoms with Gasteiger partial charge in [0, 0.05) is 31.8 Å². The monoisotopic (exact) mass is 329 g/mol. The smallest absolute Gasteiger partial charge is 0.243 e. The molecule has 0 radical (unpaired) electrons. The Hall–Kier alpha value is -0.920. The normalized spacial score (nSPS) is 28.7. The average molecular weight is 329 g/mol. The second kappa shape index (κ2) is 7.57. The molecular weight excluding hydrogens is 302 g/mol. The van der Waals surface area contributed by atoms with E-state index in [1.54, 1.807) is 10.4 Å². The predicted molar refractivity (Wildman–Crippen MR) is 86.9 cm³/mol. The van der Waals surface area contributed by atoms with Crippen LogP contribution < -0.4 is 5.32 Å². The average Bonchev–Trinajstić information content (AvgIpc) is 3.01. The number of rotatable bonds is 6. The van der Waals surface area contributed by atoms with Crippen LogP contribution in [0.3, 0.4) is 0 Å². The predicted octanol–water partition coefficient (Wildman–Crippen LogP) is 0.425. The Morgan fingerprint density at radius 1 is 1.32 bits per heavy atom. The van der Waals surface area contributed by atoms with Crippen molar-refractivity contribution in [3.63, 3.8) is 0 Å². The van der Waals surface area contributed by atoms with Crippen molar-refractivity contribution in [2.75, 3.05) is 39.5 Å². The van der Waals surface area contributed by atoms with Gasteiger partial charge in [0.05, 0.1) is 5.75 Å². The highest BCUT2D eigenvalue weighted by molar-refractivity contribution is 7.89. The van der Waals surface area contributed by atoms with Crippen molar-refractivity contribution in [3.05, 3.63) is 12.2 Å². The first kappa shape index (κ1) is 17.4. The Morgan fingerprint density at radius 2 is 2.09 bits per heavy atom. The second-order valence-electron chi connectivity index (χ2n) is 6.45. The summed E-state index contributed by atoms with van der Waals surface area (Å²) < 4.78 is 25.8. The Morgan fingerprint density at radius 3 is 2.73 bits per heavy atom. The summed E-state index contributed by atoms with van der Waals surface area (Å²) in [7, 11) is 0.828. The Bertz CT molecular complexity index is 516. The molecule has 2 aliphatic rings. The molecule has 0 aromatic heterocycles. The van der Waals surface area contributed by atoms with E-state index in [0.29, 0.717) is 13.1 Å². The number of amides is 1. The highest BCUT2D eigenvalue weighted by atomic mass is 32.2. The van der Waals surface area contributed by atoms with Gasteiger partial charge in [-0.05, 0) is 39.3 Å². The minimum Gasteiger partial charge on any atom is -0.352 e. The molecule has 0 bridgehead atoms. The van der Waals surface area contributed by atoms with Crippen LogP contribution in [-0.2, 0) is 14.8 Å². The van der Waals surface area contributed by atoms with Crippen LogP contribution in [0.5, 0.6) is 0 Å². The number of sulfonamides is 1. The van der Waals surface area contributed by atoms with Gasteiger partial charge in [0.25, 0.3) is 0 Å². The maximum atomic E-state index is 12.1. The summed E-state index contributed by atoms with van der Waals surface area (Å²) in [6, 6.07) is 0.0681. The maximum absolute atomic E-state index is 12.1. The van der Waals surface area contributed by atoms with Gasteiger partial charge in [0.15, 0.2) is 0 Å². The zero-order chi connectivity index (χ0) is 16.2. The minimum atomic E-state index is -3.06. The fraction of sp³-hybridized carbons (Fsp3) is 0.800. The van der Waals surface area contributed by atoms with Crippen molar-refractivity contribution in [2.24, 2.45) is 5.92 Å². The van der Waals surface area contributed by atoms with E-state index in [1.807, 2.05) is 25.1 Å². The van der Waals surface area contributed by atoms with E-state index in [0.717, 1.165) is 32.2 Å². The molecule has 2 atom stereocenters. The summed E-state index contributed by atoms with van der Waals surface area (Å²) in [6.07, 6.45) is 7.04. The number of nitrogens with one attached hydrogen (secondary N) is 1. The lowest BCUT2D eigenvalue weighted by molar-refractivity contribution is -0.116. The summed E-state index contributed by atoms with van der Waals surface area (Å²) in [4.78, 5) is 13.8. The number of hydrogen-bond donors (Lipinski definition) is 1. The van der Waals surface area contributed by atoms with E-state index in [1.165, 1.54) is 0 Å². The third-order valence-corrected chi connectivity index (χ3v) is 6.38. The minimum absolute atomic E-state index is 0.0681. The molecule has 0 spiro atoms. The van der Waals surface area contributed by atoms with Gasteiger partial charge >= 0.3 is 0 Å². The second-order valence-corrected chi connectivity index (χ2v) is 8.49. The van der Waals surface area contributed by atoms with E-state index in [9.17, 15) is 13.2 Å². The molecule has 1 saturated heterocycles. The summed E-state index contributed by atoms with van der Waals surface area (Å²) in [5.74, 6) is 0.409. The van der Waals surface area contributed by atoms with E-state index in [4.69, 9.17) is 0 Å². The van der Waals surface area contributed by atoms with Crippen molar-refractivity contribution < 1.29 is 13.2 Å². The van der Waals surface area contributed by atoms with E-state index in [2.05, 4.69) is 5.32 Å². The molecule has 1 heterocycles. The Labute approximate surface area is 133 Å². The van der Waals surface area contributed by atoms with Crippen molar-refractivity contribution in [1.82, 2.24) is 14.5 Å². The fourth-order valence-electron chi connectivity index (χ4n) is 3.33. The summed E-state index contributed by atoms with van der Waals surface area (Å²) in [6.45, 7) is 1.92. The van der Waals surface area contributed by atoms with Gasteiger partial charge in [-0.1, -0.05) is 12.5 Å². The van der Waals surface area contributed by atoms with Crippen LogP contribution >= 0.6 is 0 Å². The lowest BCUT2D eigenvalue weighted by Crippen LogP contribution is -2.42. The van der Waals surface area contributed by atoms with Crippen LogP contribution in [0.15, 0.2) is 12.2 Å². The van der Waals surface area contributed by atoms with Gasteiger partial charge < -0.3 is 10.2 Å². The van der Waals surface area contributed by atoms with Crippen molar-refractivity contribution in [1.29, 1.82) is 0 Å². The molecular formula is C15H27N3O3S. The van der Waals surface area contributed by atoms with Crippen LogP contribution in [-0.4, -0.2) is 69.1 Å². The molecule has 1 aliphatic heterocycles. The molecule has 0 aromatic carbocycles. The number of nitrogens with zero attached hydrogens (tertiary/aromatic N) is 2. The molecule has 1 saturated carbocycles. The van der Waals surface area contributed by atoms with E-state index < -0.39 is 10.0 Å². The molecule has 22 heavy (non-hydrogen) atoms. The fourth-order valence-corrected chi connectivity index (χ4v) is 5.15. The number of hydrogen-bond acceptors (Lipinski definition) is 4. The third kappa shape index (κ3) is 4.54. The summed E-state index contributed by atoms with van der Waals surface area (Å²) in [5, 5.41) is 2.91. The molecule has 2 rings (SSSR count). The first-order valence-electron chi connectivity index (χ1n) is 7.99. The molecule has 6 nitrogen and oxygen atoms in total. The zero-order valence-electron chi connectivity index (χ0n) is 13.5. The molecule has 1 amide bonds. The van der Waals surface area contributed by atoms with Crippen molar-refractivity contribution in [3.8, 4) is 0 Å². The number of likely N-dealkylation sites (N-methyl/N-ethyl adjacent to an activating group) is 1. The largest absolute Gasteiger partial charge is 0.352 e. The third-order valence-electron chi connectivity index (χ3n) is 4.41. The molecule has 2 unspecified atom stereocenters. The standard InChI is InChI=1S/C15H27N3O3S/c1-17(2)9-4-8-15(19)16-12-13-6-3-7-14(13)18-10-5-11-22(18,20)21/h4,8,13-14H,3,5-7,9-12H2,1-2H3,(H,16,19)/b8-4+. The lowest BCUT2D eigenvalue weighted by atomic mass is 10.0. The van der Waals surface area contributed by atoms with Gasteiger partial charge in [0.2, 0.25) is 15.9 Å². The van der Waals surface area contributed by atoms with E-state index in [-0.39, 0.29) is 23.6 Å². The van der Waals surface area contributed by atoms with Gasteiger partial charge in [-0.2, -0.15) is 4.31 Å². The molecule has 1 N–H and O–H groups in total. The van der Waals surface area contributed by atoms with Crippen molar-refractivity contribution >= 4 is 15.9 Å². The highest BCUT2D eigenvalue weighted by Crippen LogP contribution is 2.33. The zero-order valence-corrected chi connectivity index (χ0v) is 14.3. The first-order valence-corrected chi connectivity index (χ1v) is 9.59. The topological polar surface area (TPSA) is 69.7 Å². The van der Waals surface area contributed by atoms with Gasteiger partial charge in [0.1, 0.15) is 0 Å². The molecule has 126 valence electrons. The van der Waals surface area contributed by atoms with E-state index >= 15 is 0 Å². The highest BCUT2D eigenvalue weighted by Gasteiger charge is 2.40. The van der Waals surface area contributed by atoms with Crippen molar-refractivity contribution in [2.45, 2.75) is 31.7 Å². The van der Waals surface area contributed by atoms with Gasteiger partial charge in [-0.15, -0.1) is 0 Å². The summed E-state index contributed by atoms with van der Waals surface area (Å²) in [5.41, 5.74) is 0. The van der Waals surface area contributed by atoms with Crippen LogP contribution in [0.1, 0.15) is 25.7 Å².